The Hall–Kier alpha value is -1.00. The Morgan fingerprint density at radius 3 is 2.74 bits per heavy atom. The standard InChI is InChI=1S/C15H22F2N2/c1-2-14-11-19(10-6-9-18-14)12-15(16,17)13-7-4-3-5-8-13/h3-5,7-8,14,18H,2,6,9-12H2,1H3. The van der Waals surface area contributed by atoms with Crippen LogP contribution in [0.5, 0.6) is 0 Å². The molecule has 0 aromatic heterocycles. The molecular weight excluding hydrogens is 246 g/mol. The number of hydrogen-bond acceptors (Lipinski definition) is 2. The third-order valence-electron chi connectivity index (χ3n) is 3.67. The fourth-order valence-electron chi connectivity index (χ4n) is 2.55. The van der Waals surface area contributed by atoms with E-state index in [0.29, 0.717) is 12.6 Å². The van der Waals surface area contributed by atoms with Crippen molar-refractivity contribution in [2.45, 2.75) is 31.7 Å². The van der Waals surface area contributed by atoms with E-state index in [2.05, 4.69) is 12.2 Å². The van der Waals surface area contributed by atoms with Crippen LogP contribution in [0.3, 0.4) is 0 Å². The minimum Gasteiger partial charge on any atom is -0.313 e. The maximum Gasteiger partial charge on any atom is 0.285 e. The summed E-state index contributed by atoms with van der Waals surface area (Å²) in [6, 6.07) is 8.45. The average Bonchev–Trinajstić information content (AvgIpc) is 2.64. The van der Waals surface area contributed by atoms with Gasteiger partial charge >= 0.3 is 0 Å². The molecule has 0 aliphatic carbocycles. The van der Waals surface area contributed by atoms with Crippen molar-refractivity contribution in [3.05, 3.63) is 35.9 Å². The quantitative estimate of drug-likeness (QED) is 0.903. The van der Waals surface area contributed by atoms with Gasteiger partial charge in [0.1, 0.15) is 0 Å². The van der Waals surface area contributed by atoms with Crippen molar-refractivity contribution in [3.63, 3.8) is 0 Å². The molecule has 0 radical (unpaired) electrons. The molecule has 106 valence electrons. The number of hydrogen-bond donors (Lipinski definition) is 1. The maximum absolute atomic E-state index is 14.2. The molecule has 2 nitrogen and oxygen atoms in total. The molecule has 0 bridgehead atoms. The van der Waals surface area contributed by atoms with E-state index in [1.807, 2.05) is 4.90 Å². The first-order valence-corrected chi connectivity index (χ1v) is 7.01. The van der Waals surface area contributed by atoms with Gasteiger partial charge in [0, 0.05) is 18.2 Å². The van der Waals surface area contributed by atoms with E-state index in [-0.39, 0.29) is 12.1 Å². The number of nitrogens with zero attached hydrogens (tertiary/aromatic N) is 1. The third kappa shape index (κ3) is 3.98. The highest BCUT2D eigenvalue weighted by Crippen LogP contribution is 2.29. The topological polar surface area (TPSA) is 15.3 Å². The summed E-state index contributed by atoms with van der Waals surface area (Å²) in [5.74, 6) is -2.77. The van der Waals surface area contributed by atoms with Crippen LogP contribution < -0.4 is 5.32 Å². The second kappa shape index (κ2) is 6.44. The third-order valence-corrected chi connectivity index (χ3v) is 3.67. The van der Waals surface area contributed by atoms with Gasteiger partial charge in [0.2, 0.25) is 0 Å². The van der Waals surface area contributed by atoms with E-state index in [1.165, 1.54) is 12.1 Å². The predicted octanol–water partition coefficient (Wildman–Crippen LogP) is 2.85. The Bertz CT molecular complexity index is 381. The van der Waals surface area contributed by atoms with Gasteiger partial charge in [0.15, 0.2) is 0 Å². The highest BCUT2D eigenvalue weighted by atomic mass is 19.3. The number of benzene rings is 1. The fourth-order valence-corrected chi connectivity index (χ4v) is 2.55. The van der Waals surface area contributed by atoms with Crippen LogP contribution in [-0.4, -0.2) is 37.1 Å². The first-order valence-electron chi connectivity index (χ1n) is 7.01. The van der Waals surface area contributed by atoms with Crippen molar-refractivity contribution >= 4 is 0 Å². The number of nitrogens with one attached hydrogen (secondary N) is 1. The van der Waals surface area contributed by atoms with Crippen molar-refractivity contribution in [2.75, 3.05) is 26.2 Å². The van der Waals surface area contributed by atoms with E-state index < -0.39 is 5.92 Å². The van der Waals surface area contributed by atoms with Crippen molar-refractivity contribution in [1.29, 1.82) is 0 Å². The van der Waals surface area contributed by atoms with E-state index >= 15 is 0 Å². The Morgan fingerprint density at radius 1 is 1.32 bits per heavy atom. The van der Waals surface area contributed by atoms with Crippen LogP contribution >= 0.6 is 0 Å². The van der Waals surface area contributed by atoms with Gasteiger partial charge in [0.05, 0.1) is 6.54 Å². The smallest absolute Gasteiger partial charge is 0.285 e. The van der Waals surface area contributed by atoms with Crippen LogP contribution in [0.15, 0.2) is 30.3 Å². The number of rotatable bonds is 4. The zero-order valence-corrected chi connectivity index (χ0v) is 11.4. The van der Waals surface area contributed by atoms with Crippen molar-refractivity contribution in [3.8, 4) is 0 Å². The average molecular weight is 268 g/mol. The molecule has 0 spiro atoms. The molecule has 1 aliphatic rings. The van der Waals surface area contributed by atoms with Crippen LogP contribution in [0.2, 0.25) is 0 Å². The minimum atomic E-state index is -2.77. The van der Waals surface area contributed by atoms with Gasteiger partial charge in [-0.3, -0.25) is 4.90 Å². The van der Waals surface area contributed by atoms with Gasteiger partial charge in [-0.15, -0.1) is 0 Å². The largest absolute Gasteiger partial charge is 0.313 e. The Kier molecular flexibility index (Phi) is 4.88. The molecule has 1 aliphatic heterocycles. The second-order valence-electron chi connectivity index (χ2n) is 5.22. The first kappa shape index (κ1) is 14.4. The Balaban J connectivity index is 2.02. The van der Waals surface area contributed by atoms with Gasteiger partial charge < -0.3 is 5.32 Å². The summed E-state index contributed by atoms with van der Waals surface area (Å²) < 4.78 is 28.5. The molecule has 1 fully saturated rings. The van der Waals surface area contributed by atoms with Crippen LogP contribution in [0, 0.1) is 0 Å². The lowest BCUT2D eigenvalue weighted by Gasteiger charge is -2.28. The Morgan fingerprint density at radius 2 is 2.05 bits per heavy atom. The lowest BCUT2D eigenvalue weighted by molar-refractivity contribution is -0.0381. The number of alkyl halides is 2. The summed E-state index contributed by atoms with van der Waals surface area (Å²) in [7, 11) is 0. The van der Waals surface area contributed by atoms with E-state index in [1.54, 1.807) is 18.2 Å². The molecule has 1 aromatic carbocycles. The summed E-state index contributed by atoms with van der Waals surface area (Å²) in [5, 5.41) is 3.40. The lowest BCUT2D eigenvalue weighted by atomic mass is 10.1. The maximum atomic E-state index is 14.2. The number of halogens is 2. The Labute approximate surface area is 113 Å². The highest BCUT2D eigenvalue weighted by molar-refractivity contribution is 5.20. The molecule has 2 rings (SSSR count). The predicted molar refractivity (Wildman–Crippen MR) is 73.5 cm³/mol. The van der Waals surface area contributed by atoms with Crippen molar-refractivity contribution < 1.29 is 8.78 Å². The van der Waals surface area contributed by atoms with Gasteiger partial charge in [-0.05, 0) is 25.9 Å². The summed E-state index contributed by atoms with van der Waals surface area (Å²) in [5.41, 5.74) is 0.111. The zero-order valence-electron chi connectivity index (χ0n) is 11.4. The molecule has 19 heavy (non-hydrogen) atoms. The normalized spacial score (nSPS) is 22.2. The molecular formula is C15H22F2N2. The minimum absolute atomic E-state index is 0.111. The molecule has 1 heterocycles. The molecule has 1 saturated heterocycles. The molecule has 1 N–H and O–H groups in total. The molecule has 0 saturated carbocycles. The molecule has 0 amide bonds. The van der Waals surface area contributed by atoms with Gasteiger partial charge in [0.25, 0.3) is 5.92 Å². The molecule has 1 aromatic rings. The molecule has 1 atom stereocenters. The fraction of sp³-hybridized carbons (Fsp3) is 0.600. The summed E-state index contributed by atoms with van der Waals surface area (Å²) in [6.07, 6.45) is 1.91. The van der Waals surface area contributed by atoms with Gasteiger partial charge in [-0.1, -0.05) is 37.3 Å². The van der Waals surface area contributed by atoms with Gasteiger partial charge in [-0.25, -0.2) is 0 Å². The van der Waals surface area contributed by atoms with Crippen molar-refractivity contribution in [2.24, 2.45) is 0 Å². The lowest BCUT2D eigenvalue weighted by Crippen LogP contribution is -2.41. The van der Waals surface area contributed by atoms with Crippen LogP contribution in [-0.2, 0) is 5.92 Å². The first-order chi connectivity index (χ1) is 9.12. The zero-order chi connectivity index (χ0) is 13.7. The summed E-state index contributed by atoms with van der Waals surface area (Å²) in [4.78, 5) is 1.89. The summed E-state index contributed by atoms with van der Waals surface area (Å²) >= 11 is 0. The highest BCUT2D eigenvalue weighted by Gasteiger charge is 2.34. The SMILES string of the molecule is CCC1CN(CC(F)(F)c2ccccc2)CCCN1. The van der Waals surface area contributed by atoms with Crippen LogP contribution in [0.25, 0.3) is 0 Å². The van der Waals surface area contributed by atoms with E-state index in [0.717, 1.165) is 25.9 Å². The van der Waals surface area contributed by atoms with E-state index in [9.17, 15) is 8.78 Å². The van der Waals surface area contributed by atoms with E-state index in [4.69, 9.17) is 0 Å². The van der Waals surface area contributed by atoms with Crippen molar-refractivity contribution in [1.82, 2.24) is 10.2 Å². The molecule has 1 unspecified atom stereocenters. The monoisotopic (exact) mass is 268 g/mol. The second-order valence-corrected chi connectivity index (χ2v) is 5.22. The van der Waals surface area contributed by atoms with Crippen LogP contribution in [0.1, 0.15) is 25.3 Å². The summed E-state index contributed by atoms with van der Waals surface area (Å²) in [6.45, 7) is 4.28. The van der Waals surface area contributed by atoms with Gasteiger partial charge in [-0.2, -0.15) is 8.78 Å². The van der Waals surface area contributed by atoms with Crippen LogP contribution in [0.4, 0.5) is 8.78 Å². The molecule has 4 heteroatoms.